The van der Waals surface area contributed by atoms with Gasteiger partial charge in [0.1, 0.15) is 0 Å². The van der Waals surface area contributed by atoms with E-state index in [1.54, 1.807) is 6.08 Å². The molecular formula is C40H77NO3. The van der Waals surface area contributed by atoms with E-state index >= 15 is 0 Å². The summed E-state index contributed by atoms with van der Waals surface area (Å²) < 4.78 is 52.9. The molecule has 0 radical (unpaired) electrons. The number of aliphatic hydroxyl groups is 2. The standard InChI is InChI=1S/C40H77NO3/c1-3-5-7-9-11-13-15-17-18-19-20-21-22-24-26-28-30-32-34-36-40(44)41-38(37-42)39(43)35-33-31-29-27-25-23-16-14-12-10-8-6-4-2/h17-18,33,35,38-39,42-43H,3-16,19-32,34,36-37H2,1-2H3,(H,41,44)/b18-17-,35-33+/t38-,39+/m0/s1/i2D3,4D2,6D2. The Balaban J connectivity index is 3.75. The van der Waals surface area contributed by atoms with Crippen LogP contribution in [0.4, 0.5) is 0 Å². The van der Waals surface area contributed by atoms with Gasteiger partial charge in [-0.25, -0.2) is 0 Å². The molecule has 1 amide bonds. The maximum Gasteiger partial charge on any atom is 0.220 e. The molecule has 0 aliphatic rings. The van der Waals surface area contributed by atoms with Gasteiger partial charge in [0, 0.05) is 16.0 Å². The number of hydrogen-bond acceptors (Lipinski definition) is 3. The van der Waals surface area contributed by atoms with Gasteiger partial charge in [-0.05, 0) is 44.9 Å². The fraction of sp³-hybridized carbons (Fsp3) is 0.875. The Hall–Kier alpha value is -1.13. The monoisotopic (exact) mass is 627 g/mol. The van der Waals surface area contributed by atoms with E-state index in [0.717, 1.165) is 70.6 Å². The first-order valence-corrected chi connectivity index (χ1v) is 18.7. The van der Waals surface area contributed by atoms with Crippen molar-refractivity contribution in [3.05, 3.63) is 24.3 Å². The van der Waals surface area contributed by atoms with Gasteiger partial charge in [-0.1, -0.05) is 179 Å². The molecule has 260 valence electrons. The molecule has 0 aliphatic heterocycles. The van der Waals surface area contributed by atoms with Crippen molar-refractivity contribution in [2.24, 2.45) is 0 Å². The zero-order valence-corrected chi connectivity index (χ0v) is 28.8. The molecule has 0 heterocycles. The topological polar surface area (TPSA) is 69.6 Å². The second-order valence-corrected chi connectivity index (χ2v) is 12.7. The van der Waals surface area contributed by atoms with Crippen LogP contribution in [-0.2, 0) is 4.79 Å². The molecule has 0 bridgehead atoms. The van der Waals surface area contributed by atoms with Gasteiger partial charge in [0.25, 0.3) is 0 Å². The smallest absolute Gasteiger partial charge is 0.220 e. The van der Waals surface area contributed by atoms with E-state index in [9.17, 15) is 15.0 Å². The molecule has 0 unspecified atom stereocenters. The summed E-state index contributed by atoms with van der Waals surface area (Å²) in [4.78, 5) is 12.4. The first kappa shape index (κ1) is 31.5. The lowest BCUT2D eigenvalue weighted by atomic mass is 10.0. The predicted molar refractivity (Wildman–Crippen MR) is 193 cm³/mol. The highest BCUT2D eigenvalue weighted by atomic mass is 16.3. The van der Waals surface area contributed by atoms with Crippen molar-refractivity contribution in [2.45, 2.75) is 218 Å². The van der Waals surface area contributed by atoms with E-state index in [1.165, 1.54) is 89.9 Å². The van der Waals surface area contributed by atoms with Crippen LogP contribution in [0.3, 0.4) is 0 Å². The van der Waals surface area contributed by atoms with E-state index in [1.807, 2.05) is 6.08 Å². The summed E-state index contributed by atoms with van der Waals surface area (Å²) in [6, 6.07) is -0.702. The molecule has 2 atom stereocenters. The third-order valence-corrected chi connectivity index (χ3v) is 8.47. The molecule has 3 N–H and O–H groups in total. The number of amides is 1. The maximum absolute atomic E-state index is 12.4. The summed E-state index contributed by atoms with van der Waals surface area (Å²) in [5.74, 6) is -0.127. The second kappa shape index (κ2) is 36.3. The minimum absolute atomic E-state index is 0.101. The normalized spacial score (nSPS) is 16.6. The van der Waals surface area contributed by atoms with E-state index in [-0.39, 0.29) is 18.9 Å². The highest BCUT2D eigenvalue weighted by Gasteiger charge is 2.17. The fourth-order valence-corrected chi connectivity index (χ4v) is 5.55. The average molecular weight is 627 g/mol. The number of allylic oxidation sites excluding steroid dienone is 3. The summed E-state index contributed by atoms with van der Waals surface area (Å²) in [6.45, 7) is -1.04. The number of aliphatic hydroxyl groups excluding tert-OH is 2. The second-order valence-electron chi connectivity index (χ2n) is 12.7. The van der Waals surface area contributed by atoms with Crippen LogP contribution in [0.2, 0.25) is 0 Å². The third kappa shape index (κ3) is 32.3. The van der Waals surface area contributed by atoms with Gasteiger partial charge in [-0.3, -0.25) is 4.79 Å². The molecule has 4 heteroatoms. The molecule has 0 aliphatic carbocycles. The molecule has 44 heavy (non-hydrogen) atoms. The van der Waals surface area contributed by atoms with Gasteiger partial charge in [-0.2, -0.15) is 0 Å². The number of nitrogens with one attached hydrogen (secondary N) is 1. The minimum Gasteiger partial charge on any atom is -0.394 e. The van der Waals surface area contributed by atoms with Gasteiger partial charge >= 0.3 is 0 Å². The SMILES string of the molecule is [2H]C([2H])([2H])C([2H])([2H])C([2H])([2H])CCCCCCCCCC/C=C/[C@@H](O)[C@H](CO)NC(=O)CCCCCCCCCCC/C=C\CCCCCCCC. The van der Waals surface area contributed by atoms with Crippen LogP contribution in [0, 0.1) is 0 Å². The highest BCUT2D eigenvalue weighted by molar-refractivity contribution is 5.76. The largest absolute Gasteiger partial charge is 0.394 e. The number of hydrogen-bond donors (Lipinski definition) is 3. The summed E-state index contributed by atoms with van der Waals surface area (Å²) in [5, 5.41) is 22.9. The maximum atomic E-state index is 12.4. The lowest BCUT2D eigenvalue weighted by Crippen LogP contribution is -2.45. The highest BCUT2D eigenvalue weighted by Crippen LogP contribution is 2.14. The third-order valence-electron chi connectivity index (χ3n) is 8.47. The zero-order chi connectivity index (χ0) is 38.3. The van der Waals surface area contributed by atoms with Crippen molar-refractivity contribution < 1.29 is 24.6 Å². The van der Waals surface area contributed by atoms with E-state index in [4.69, 9.17) is 9.60 Å². The molecule has 0 aromatic heterocycles. The Morgan fingerprint density at radius 2 is 1.09 bits per heavy atom. The Labute approximate surface area is 285 Å². The van der Waals surface area contributed by atoms with Crippen LogP contribution in [-0.4, -0.2) is 34.9 Å². The molecule has 0 aromatic rings. The van der Waals surface area contributed by atoms with Gasteiger partial charge in [-0.15, -0.1) is 0 Å². The Kier molecular flexibility index (Phi) is 26.0. The van der Waals surface area contributed by atoms with Crippen molar-refractivity contribution in [1.82, 2.24) is 5.32 Å². The van der Waals surface area contributed by atoms with E-state index in [2.05, 4.69) is 24.4 Å². The summed E-state index contributed by atoms with van der Waals surface area (Å²) in [6.07, 6.45) is 31.8. The first-order chi connectivity index (χ1) is 24.3. The molecule has 0 spiro atoms. The van der Waals surface area contributed by atoms with Gasteiger partial charge < -0.3 is 15.5 Å². The number of unbranched alkanes of at least 4 members (excludes halogenated alkanes) is 23. The van der Waals surface area contributed by atoms with Crippen LogP contribution >= 0.6 is 0 Å². The molecule has 0 aromatic carbocycles. The summed E-state index contributed by atoms with van der Waals surface area (Å²) >= 11 is 0. The Bertz CT molecular complexity index is 881. The van der Waals surface area contributed by atoms with E-state index < -0.39 is 31.7 Å². The van der Waals surface area contributed by atoms with Crippen molar-refractivity contribution >= 4 is 5.91 Å². The predicted octanol–water partition coefficient (Wildman–Crippen LogP) is 11.7. The average Bonchev–Trinajstić information content (AvgIpc) is 3.07. The van der Waals surface area contributed by atoms with Crippen LogP contribution in [0.5, 0.6) is 0 Å². The summed E-state index contributed by atoms with van der Waals surface area (Å²) in [5.41, 5.74) is 0. The molecule has 4 nitrogen and oxygen atoms in total. The number of carbonyl (C=O) groups is 1. The lowest BCUT2D eigenvalue weighted by Gasteiger charge is -2.20. The van der Waals surface area contributed by atoms with Crippen molar-refractivity contribution in [1.29, 1.82) is 0 Å². The quantitative estimate of drug-likeness (QED) is 0.0484. The van der Waals surface area contributed by atoms with Gasteiger partial charge in [0.2, 0.25) is 5.91 Å². The van der Waals surface area contributed by atoms with Crippen LogP contribution in [0.1, 0.15) is 216 Å². The van der Waals surface area contributed by atoms with Crippen LogP contribution in [0.15, 0.2) is 24.3 Å². The number of rotatable bonds is 35. The number of carbonyl (C=O) groups excluding carboxylic acids is 1. The molecule has 0 rings (SSSR count). The molecule has 0 saturated carbocycles. The first-order valence-electron chi connectivity index (χ1n) is 22.2. The van der Waals surface area contributed by atoms with Crippen LogP contribution in [0.25, 0.3) is 0 Å². The fourth-order valence-electron chi connectivity index (χ4n) is 5.55. The van der Waals surface area contributed by atoms with Crippen LogP contribution < -0.4 is 5.32 Å². The molecule has 0 saturated heterocycles. The Morgan fingerprint density at radius 1 is 0.659 bits per heavy atom. The Morgan fingerprint density at radius 3 is 1.57 bits per heavy atom. The minimum atomic E-state index is -2.98. The van der Waals surface area contributed by atoms with Crippen molar-refractivity contribution in [2.75, 3.05) is 6.61 Å². The van der Waals surface area contributed by atoms with Crippen molar-refractivity contribution in [3.8, 4) is 0 Å². The van der Waals surface area contributed by atoms with Gasteiger partial charge in [0.05, 0.1) is 18.8 Å². The lowest BCUT2D eigenvalue weighted by molar-refractivity contribution is -0.123. The zero-order valence-electron chi connectivity index (χ0n) is 35.8. The van der Waals surface area contributed by atoms with Gasteiger partial charge in [0.15, 0.2) is 0 Å². The van der Waals surface area contributed by atoms with Crippen molar-refractivity contribution in [3.63, 3.8) is 0 Å². The molecule has 0 fully saturated rings. The molecular weight excluding hydrogens is 542 g/mol. The van der Waals surface area contributed by atoms with E-state index in [0.29, 0.717) is 12.8 Å². The summed E-state index contributed by atoms with van der Waals surface area (Å²) in [7, 11) is 0.